The summed E-state index contributed by atoms with van der Waals surface area (Å²) in [6.07, 6.45) is 2.52. The summed E-state index contributed by atoms with van der Waals surface area (Å²) in [6, 6.07) is 0. The van der Waals surface area contributed by atoms with Gasteiger partial charge in [-0.2, -0.15) is 11.8 Å². The van der Waals surface area contributed by atoms with Gasteiger partial charge in [-0.25, -0.2) is 0 Å². The van der Waals surface area contributed by atoms with Gasteiger partial charge in [-0.05, 0) is 25.6 Å². The second-order valence-corrected chi connectivity index (χ2v) is 5.10. The molecule has 0 amide bonds. The van der Waals surface area contributed by atoms with Gasteiger partial charge < -0.3 is 10.5 Å². The Morgan fingerprint density at radius 1 is 1.57 bits per heavy atom. The van der Waals surface area contributed by atoms with Crippen molar-refractivity contribution in [2.75, 3.05) is 45.4 Å². The molecule has 4 heteroatoms. The smallest absolute Gasteiger partial charge is 0.0589 e. The first-order valence-electron chi connectivity index (χ1n) is 5.23. The predicted molar refractivity (Wildman–Crippen MR) is 62.9 cm³/mol. The van der Waals surface area contributed by atoms with Gasteiger partial charge in [-0.3, -0.25) is 4.90 Å². The third-order valence-corrected chi connectivity index (χ3v) is 4.44. The molecule has 0 radical (unpaired) electrons. The van der Waals surface area contributed by atoms with E-state index in [1.54, 1.807) is 7.11 Å². The molecule has 1 heterocycles. The number of hydrogen-bond donors (Lipinski definition) is 1. The van der Waals surface area contributed by atoms with E-state index in [0.29, 0.717) is 0 Å². The van der Waals surface area contributed by atoms with Crippen LogP contribution in [-0.2, 0) is 4.74 Å². The largest absolute Gasteiger partial charge is 0.383 e. The van der Waals surface area contributed by atoms with Crippen LogP contribution in [0.3, 0.4) is 0 Å². The van der Waals surface area contributed by atoms with Gasteiger partial charge in [-0.15, -0.1) is 0 Å². The molecule has 2 N–H and O–H groups in total. The molecule has 0 bridgehead atoms. The molecule has 0 aromatic carbocycles. The second kappa shape index (κ2) is 5.95. The number of likely N-dealkylation sites (N-methyl/N-ethyl adjacent to an activating group) is 1. The maximum absolute atomic E-state index is 5.92. The SMILES string of the molecule is COCCN(C)C1(CN)CCCSC1. The Kier molecular flexibility index (Phi) is 5.23. The molecular formula is C10H22N2OS. The summed E-state index contributed by atoms with van der Waals surface area (Å²) in [5, 5.41) is 0. The van der Waals surface area contributed by atoms with E-state index in [2.05, 4.69) is 11.9 Å². The Morgan fingerprint density at radius 2 is 2.36 bits per heavy atom. The van der Waals surface area contributed by atoms with Gasteiger partial charge in [0.15, 0.2) is 0 Å². The number of rotatable bonds is 5. The van der Waals surface area contributed by atoms with Crippen molar-refractivity contribution in [2.45, 2.75) is 18.4 Å². The van der Waals surface area contributed by atoms with Gasteiger partial charge in [0.05, 0.1) is 6.61 Å². The highest BCUT2D eigenvalue weighted by molar-refractivity contribution is 7.99. The zero-order chi connectivity index (χ0) is 10.4. The minimum atomic E-state index is 0.224. The fourth-order valence-corrected chi connectivity index (χ4v) is 3.28. The highest BCUT2D eigenvalue weighted by Crippen LogP contribution is 2.30. The molecule has 1 aliphatic rings. The molecule has 14 heavy (non-hydrogen) atoms. The first-order chi connectivity index (χ1) is 6.75. The van der Waals surface area contributed by atoms with Crippen molar-refractivity contribution < 1.29 is 4.74 Å². The van der Waals surface area contributed by atoms with E-state index in [-0.39, 0.29) is 5.54 Å². The third-order valence-electron chi connectivity index (χ3n) is 3.12. The van der Waals surface area contributed by atoms with Crippen molar-refractivity contribution >= 4 is 11.8 Å². The zero-order valence-corrected chi connectivity index (χ0v) is 10.1. The summed E-state index contributed by atoms with van der Waals surface area (Å²) in [5.74, 6) is 2.46. The van der Waals surface area contributed by atoms with Crippen LogP contribution in [0, 0.1) is 0 Å². The van der Waals surface area contributed by atoms with Gasteiger partial charge >= 0.3 is 0 Å². The van der Waals surface area contributed by atoms with Crippen LogP contribution in [0.15, 0.2) is 0 Å². The molecule has 1 fully saturated rings. The highest BCUT2D eigenvalue weighted by Gasteiger charge is 2.34. The van der Waals surface area contributed by atoms with E-state index in [1.807, 2.05) is 11.8 Å². The Hall–Kier alpha value is 0.230. The molecule has 3 nitrogen and oxygen atoms in total. The molecule has 0 aromatic rings. The minimum Gasteiger partial charge on any atom is -0.383 e. The molecule has 0 spiro atoms. The van der Waals surface area contributed by atoms with Crippen molar-refractivity contribution in [3.05, 3.63) is 0 Å². The van der Waals surface area contributed by atoms with Crippen LogP contribution in [0.1, 0.15) is 12.8 Å². The first kappa shape index (κ1) is 12.3. The molecule has 1 unspecified atom stereocenters. The molecule has 0 aromatic heterocycles. The first-order valence-corrected chi connectivity index (χ1v) is 6.38. The maximum atomic E-state index is 5.92. The van der Waals surface area contributed by atoms with Crippen LogP contribution in [0.4, 0.5) is 0 Å². The summed E-state index contributed by atoms with van der Waals surface area (Å²) in [4.78, 5) is 2.38. The molecule has 1 atom stereocenters. The van der Waals surface area contributed by atoms with Crippen molar-refractivity contribution in [3.63, 3.8) is 0 Å². The van der Waals surface area contributed by atoms with E-state index >= 15 is 0 Å². The lowest BCUT2D eigenvalue weighted by atomic mass is 9.93. The van der Waals surface area contributed by atoms with Crippen LogP contribution in [-0.4, -0.2) is 55.8 Å². The van der Waals surface area contributed by atoms with Crippen molar-refractivity contribution in [1.82, 2.24) is 4.90 Å². The zero-order valence-electron chi connectivity index (χ0n) is 9.29. The molecule has 1 saturated heterocycles. The van der Waals surface area contributed by atoms with E-state index in [9.17, 15) is 0 Å². The van der Waals surface area contributed by atoms with Gasteiger partial charge in [0.25, 0.3) is 0 Å². The lowest BCUT2D eigenvalue weighted by Gasteiger charge is -2.43. The van der Waals surface area contributed by atoms with Crippen LogP contribution in [0.25, 0.3) is 0 Å². The number of thioether (sulfide) groups is 1. The molecule has 84 valence electrons. The summed E-state index contributed by atoms with van der Waals surface area (Å²) < 4.78 is 5.10. The van der Waals surface area contributed by atoms with E-state index in [1.165, 1.54) is 24.3 Å². The lowest BCUT2D eigenvalue weighted by Crippen LogP contribution is -2.56. The summed E-state index contributed by atoms with van der Waals surface area (Å²) >= 11 is 2.03. The Morgan fingerprint density at radius 3 is 2.86 bits per heavy atom. The standard InChI is InChI=1S/C10H22N2OS/c1-12(5-6-13-2)10(8-11)4-3-7-14-9-10/h3-9,11H2,1-2H3. The molecule has 0 saturated carbocycles. The van der Waals surface area contributed by atoms with Crippen molar-refractivity contribution in [2.24, 2.45) is 5.73 Å². The maximum Gasteiger partial charge on any atom is 0.0589 e. The van der Waals surface area contributed by atoms with Crippen LogP contribution in [0.2, 0.25) is 0 Å². The number of methoxy groups -OCH3 is 1. The van der Waals surface area contributed by atoms with Crippen LogP contribution >= 0.6 is 11.8 Å². The monoisotopic (exact) mass is 218 g/mol. The topological polar surface area (TPSA) is 38.5 Å². The fraction of sp³-hybridized carbons (Fsp3) is 1.00. The Bertz CT molecular complexity index is 160. The molecule has 1 aliphatic heterocycles. The summed E-state index contributed by atoms with van der Waals surface area (Å²) in [7, 11) is 3.91. The molecule has 1 rings (SSSR count). The second-order valence-electron chi connectivity index (χ2n) is 4.00. The predicted octanol–water partition coefficient (Wildman–Crippen LogP) is 0.789. The van der Waals surface area contributed by atoms with Crippen LogP contribution in [0.5, 0.6) is 0 Å². The van der Waals surface area contributed by atoms with Crippen molar-refractivity contribution in [1.29, 1.82) is 0 Å². The lowest BCUT2D eigenvalue weighted by molar-refractivity contribution is 0.0894. The Labute approximate surface area is 91.4 Å². The molecular weight excluding hydrogens is 196 g/mol. The number of nitrogens with two attached hydrogens (primary N) is 1. The van der Waals surface area contributed by atoms with Gasteiger partial charge in [0, 0.05) is 31.5 Å². The van der Waals surface area contributed by atoms with E-state index in [0.717, 1.165) is 19.7 Å². The van der Waals surface area contributed by atoms with Gasteiger partial charge in [0.1, 0.15) is 0 Å². The highest BCUT2D eigenvalue weighted by atomic mass is 32.2. The van der Waals surface area contributed by atoms with Gasteiger partial charge in [0.2, 0.25) is 0 Å². The number of ether oxygens (including phenoxy) is 1. The third kappa shape index (κ3) is 2.86. The van der Waals surface area contributed by atoms with E-state index in [4.69, 9.17) is 10.5 Å². The quantitative estimate of drug-likeness (QED) is 0.740. The average Bonchev–Trinajstić information content (AvgIpc) is 2.26. The van der Waals surface area contributed by atoms with Crippen LogP contribution < -0.4 is 5.73 Å². The van der Waals surface area contributed by atoms with Gasteiger partial charge in [-0.1, -0.05) is 0 Å². The van der Waals surface area contributed by atoms with E-state index < -0.39 is 0 Å². The van der Waals surface area contributed by atoms with Crippen molar-refractivity contribution in [3.8, 4) is 0 Å². The average molecular weight is 218 g/mol. The normalized spacial score (nSPS) is 28.3. The fourth-order valence-electron chi connectivity index (χ4n) is 1.92. The Balaban J connectivity index is 2.48. The summed E-state index contributed by atoms with van der Waals surface area (Å²) in [6.45, 7) is 2.54. The number of hydrogen-bond acceptors (Lipinski definition) is 4. The summed E-state index contributed by atoms with van der Waals surface area (Å²) in [5.41, 5.74) is 6.14. The molecule has 0 aliphatic carbocycles. The number of nitrogens with zero attached hydrogens (tertiary/aromatic N) is 1. The minimum absolute atomic E-state index is 0.224.